The lowest BCUT2D eigenvalue weighted by Gasteiger charge is -2.07. The predicted octanol–water partition coefficient (Wildman–Crippen LogP) is 2.92. The van der Waals surface area contributed by atoms with E-state index >= 15 is 0 Å². The Morgan fingerprint density at radius 1 is 1.37 bits per heavy atom. The molecule has 0 spiro atoms. The molecule has 102 valence electrons. The number of aromatic carboxylic acids is 1. The summed E-state index contributed by atoms with van der Waals surface area (Å²) >= 11 is 1.37. The highest BCUT2D eigenvalue weighted by Gasteiger charge is 2.21. The fourth-order valence-electron chi connectivity index (χ4n) is 1.82. The van der Waals surface area contributed by atoms with Crippen LogP contribution >= 0.6 is 11.3 Å². The molecule has 0 aliphatic rings. The van der Waals surface area contributed by atoms with Crippen LogP contribution in [0.15, 0.2) is 23.6 Å². The summed E-state index contributed by atoms with van der Waals surface area (Å²) in [5.41, 5.74) is 0.736. The number of carboxylic acids is 1. The summed E-state index contributed by atoms with van der Waals surface area (Å²) in [6.07, 6.45) is 0. The number of rotatable bonds is 4. The van der Waals surface area contributed by atoms with Gasteiger partial charge in [-0.1, -0.05) is 6.07 Å². The topological polar surface area (TPSA) is 71.4 Å². The van der Waals surface area contributed by atoms with Crippen LogP contribution < -0.4 is 0 Å². The molecular weight excluding hydrogens is 284 g/mol. The zero-order valence-electron chi connectivity index (χ0n) is 10.6. The second-order valence-electron chi connectivity index (χ2n) is 4.60. The number of carboxylic acid groups (broad SMARTS) is 1. The Morgan fingerprint density at radius 2 is 2.05 bits per heavy atom. The molecule has 0 unspecified atom stereocenters. The summed E-state index contributed by atoms with van der Waals surface area (Å²) in [6.45, 7) is 3.25. The van der Waals surface area contributed by atoms with Gasteiger partial charge in [0.05, 0.1) is 16.6 Å². The van der Waals surface area contributed by atoms with E-state index in [2.05, 4.69) is 0 Å². The van der Waals surface area contributed by atoms with E-state index in [1.807, 2.05) is 0 Å². The van der Waals surface area contributed by atoms with Gasteiger partial charge >= 0.3 is 5.97 Å². The zero-order valence-corrected chi connectivity index (χ0v) is 12.2. The number of benzene rings is 1. The Bertz CT molecular complexity index is 726. The second-order valence-corrected chi connectivity index (χ2v) is 8.07. The predicted molar refractivity (Wildman–Crippen MR) is 76.5 cm³/mol. The largest absolute Gasteiger partial charge is 0.478 e. The Hall–Kier alpha value is -1.40. The van der Waals surface area contributed by atoms with Crippen molar-refractivity contribution >= 4 is 37.2 Å². The van der Waals surface area contributed by atoms with Gasteiger partial charge in [-0.15, -0.1) is 11.3 Å². The van der Waals surface area contributed by atoms with Crippen molar-refractivity contribution in [2.45, 2.75) is 24.9 Å². The average Bonchev–Trinajstić information content (AvgIpc) is 2.71. The first kappa shape index (κ1) is 14.0. The minimum atomic E-state index is -3.24. The molecule has 0 saturated heterocycles. The minimum Gasteiger partial charge on any atom is -0.478 e. The highest BCUT2D eigenvalue weighted by atomic mass is 32.2. The monoisotopic (exact) mass is 298 g/mol. The molecule has 1 N–H and O–H groups in total. The Balaban J connectivity index is 2.60. The summed E-state index contributed by atoms with van der Waals surface area (Å²) in [6, 6.07) is 4.98. The van der Waals surface area contributed by atoms with Crippen molar-refractivity contribution in [2.24, 2.45) is 0 Å². The normalized spacial score (nSPS) is 12.2. The van der Waals surface area contributed by atoms with E-state index in [0.29, 0.717) is 10.9 Å². The van der Waals surface area contributed by atoms with Crippen LogP contribution in [0, 0.1) is 0 Å². The lowest BCUT2D eigenvalue weighted by Crippen LogP contribution is -2.16. The van der Waals surface area contributed by atoms with Crippen LogP contribution in [0.3, 0.4) is 0 Å². The van der Waals surface area contributed by atoms with Gasteiger partial charge in [0, 0.05) is 10.1 Å². The van der Waals surface area contributed by atoms with Crippen molar-refractivity contribution in [1.29, 1.82) is 0 Å². The maximum atomic E-state index is 12.0. The van der Waals surface area contributed by atoms with Crippen LogP contribution in [0.4, 0.5) is 0 Å². The minimum absolute atomic E-state index is 0.116. The Kier molecular flexibility index (Phi) is 3.64. The molecule has 2 aromatic rings. The molecule has 4 nitrogen and oxygen atoms in total. The summed E-state index contributed by atoms with van der Waals surface area (Å²) in [5.74, 6) is -1.15. The maximum absolute atomic E-state index is 12.0. The van der Waals surface area contributed by atoms with Crippen molar-refractivity contribution in [3.05, 3.63) is 34.7 Å². The first-order valence-electron chi connectivity index (χ1n) is 5.77. The van der Waals surface area contributed by atoms with Gasteiger partial charge < -0.3 is 5.11 Å². The molecule has 0 atom stereocenters. The molecule has 0 aliphatic carbocycles. The van der Waals surface area contributed by atoms with Gasteiger partial charge in [0.25, 0.3) is 0 Å². The Morgan fingerprint density at radius 3 is 2.63 bits per heavy atom. The molecule has 0 fully saturated rings. The van der Waals surface area contributed by atoms with Crippen molar-refractivity contribution in [3.8, 4) is 0 Å². The van der Waals surface area contributed by atoms with Crippen molar-refractivity contribution in [2.75, 3.05) is 0 Å². The summed E-state index contributed by atoms with van der Waals surface area (Å²) < 4.78 is 24.8. The second kappa shape index (κ2) is 4.94. The van der Waals surface area contributed by atoms with Gasteiger partial charge in [-0.25, -0.2) is 13.2 Å². The molecule has 1 heterocycles. The fraction of sp³-hybridized carbons (Fsp3) is 0.308. The Labute approximate surface area is 115 Å². The maximum Gasteiger partial charge on any atom is 0.336 e. The van der Waals surface area contributed by atoms with Crippen LogP contribution in [-0.2, 0) is 15.6 Å². The van der Waals surface area contributed by atoms with Crippen molar-refractivity contribution < 1.29 is 18.3 Å². The van der Waals surface area contributed by atoms with E-state index in [1.54, 1.807) is 31.4 Å². The third-order valence-electron chi connectivity index (χ3n) is 2.98. The van der Waals surface area contributed by atoms with Gasteiger partial charge in [0.2, 0.25) is 0 Å². The van der Waals surface area contributed by atoms with E-state index < -0.39 is 21.1 Å². The van der Waals surface area contributed by atoms with Gasteiger partial charge in [0.1, 0.15) is 0 Å². The van der Waals surface area contributed by atoms with Crippen molar-refractivity contribution in [1.82, 2.24) is 0 Å². The number of carbonyl (C=O) groups is 1. The van der Waals surface area contributed by atoms with Gasteiger partial charge in [0.15, 0.2) is 9.84 Å². The van der Waals surface area contributed by atoms with Crippen LogP contribution in [0.2, 0.25) is 0 Å². The quantitative estimate of drug-likeness (QED) is 0.942. The number of hydrogen-bond acceptors (Lipinski definition) is 4. The molecule has 0 amide bonds. The molecule has 0 saturated carbocycles. The molecule has 0 aliphatic heterocycles. The van der Waals surface area contributed by atoms with Gasteiger partial charge in [-0.2, -0.15) is 0 Å². The molecule has 2 rings (SSSR count). The van der Waals surface area contributed by atoms with Crippen LogP contribution in [-0.4, -0.2) is 24.7 Å². The number of sulfone groups is 1. The molecule has 19 heavy (non-hydrogen) atoms. The summed E-state index contributed by atoms with van der Waals surface area (Å²) in [5, 5.41) is 11.0. The average molecular weight is 298 g/mol. The third-order valence-corrected chi connectivity index (χ3v) is 6.13. The van der Waals surface area contributed by atoms with E-state index in [-0.39, 0.29) is 11.3 Å². The van der Waals surface area contributed by atoms with Gasteiger partial charge in [-0.05, 0) is 36.9 Å². The van der Waals surface area contributed by atoms with Crippen molar-refractivity contribution in [3.63, 3.8) is 0 Å². The standard InChI is InChI=1S/C13H14O4S2/c1-8(2)19(16,17)7-9-6-18-11-5-3-4-10(12(9)11)13(14)15/h3-6,8H,7H2,1-2H3,(H,14,15). The highest BCUT2D eigenvalue weighted by molar-refractivity contribution is 7.91. The molecule has 0 radical (unpaired) electrons. The molecule has 6 heteroatoms. The molecular formula is C13H14O4S2. The van der Waals surface area contributed by atoms with E-state index in [9.17, 15) is 18.3 Å². The zero-order chi connectivity index (χ0) is 14.2. The van der Waals surface area contributed by atoms with E-state index in [4.69, 9.17) is 0 Å². The highest BCUT2D eigenvalue weighted by Crippen LogP contribution is 2.31. The molecule has 0 bridgehead atoms. The first-order valence-corrected chi connectivity index (χ1v) is 8.36. The number of fused-ring (bicyclic) bond motifs is 1. The SMILES string of the molecule is CC(C)S(=O)(=O)Cc1csc2cccc(C(=O)O)c12. The third kappa shape index (κ3) is 2.64. The lowest BCUT2D eigenvalue weighted by atomic mass is 10.1. The van der Waals surface area contributed by atoms with Gasteiger partial charge in [-0.3, -0.25) is 0 Å². The lowest BCUT2D eigenvalue weighted by molar-refractivity contribution is 0.0699. The fourth-order valence-corrected chi connectivity index (χ4v) is 3.91. The number of hydrogen-bond donors (Lipinski definition) is 1. The van der Waals surface area contributed by atoms with Crippen LogP contribution in [0.25, 0.3) is 10.1 Å². The summed E-state index contributed by atoms with van der Waals surface area (Å²) in [4.78, 5) is 11.2. The smallest absolute Gasteiger partial charge is 0.336 e. The van der Waals surface area contributed by atoms with E-state index in [1.165, 1.54) is 17.4 Å². The summed E-state index contributed by atoms with van der Waals surface area (Å²) in [7, 11) is -3.24. The number of thiophene rings is 1. The first-order chi connectivity index (χ1) is 8.83. The molecule has 1 aromatic carbocycles. The van der Waals surface area contributed by atoms with E-state index in [0.717, 1.165) is 4.70 Å². The van der Waals surface area contributed by atoms with Crippen LogP contribution in [0.5, 0.6) is 0 Å². The molecule has 1 aromatic heterocycles. The van der Waals surface area contributed by atoms with Crippen LogP contribution in [0.1, 0.15) is 29.8 Å².